The number of aliphatic hydroxyl groups excluding tert-OH is 1. The molecule has 0 amide bonds. The SMILES string of the molecule is C=CC[C@H]1[C@@H](COCc2ccccc2)CC=C[C@@H]1C(O)C1=NC(C)(C)CO1. The summed E-state index contributed by atoms with van der Waals surface area (Å²) in [7, 11) is 0. The molecule has 27 heavy (non-hydrogen) atoms. The lowest BCUT2D eigenvalue weighted by Crippen LogP contribution is -2.39. The molecule has 4 atom stereocenters. The van der Waals surface area contributed by atoms with E-state index >= 15 is 0 Å². The van der Waals surface area contributed by atoms with Gasteiger partial charge in [-0.15, -0.1) is 6.58 Å². The van der Waals surface area contributed by atoms with Crippen molar-refractivity contribution in [3.63, 3.8) is 0 Å². The molecule has 0 radical (unpaired) electrons. The summed E-state index contributed by atoms with van der Waals surface area (Å²) in [5, 5.41) is 10.9. The first kappa shape index (κ1) is 19.8. The fourth-order valence-corrected chi connectivity index (χ4v) is 3.95. The van der Waals surface area contributed by atoms with Crippen LogP contribution in [0.3, 0.4) is 0 Å². The van der Waals surface area contributed by atoms with Crippen molar-refractivity contribution in [2.75, 3.05) is 13.2 Å². The second-order valence-electron chi connectivity index (χ2n) is 8.19. The van der Waals surface area contributed by atoms with Gasteiger partial charge in [0, 0.05) is 5.92 Å². The summed E-state index contributed by atoms with van der Waals surface area (Å²) in [6.07, 6.45) is 7.28. The summed E-state index contributed by atoms with van der Waals surface area (Å²) in [4.78, 5) is 4.57. The molecular weight excluding hydrogens is 338 g/mol. The molecule has 4 heteroatoms. The zero-order valence-electron chi connectivity index (χ0n) is 16.4. The Morgan fingerprint density at radius 2 is 2.15 bits per heavy atom. The maximum atomic E-state index is 10.9. The van der Waals surface area contributed by atoms with Crippen LogP contribution >= 0.6 is 0 Å². The fourth-order valence-electron chi connectivity index (χ4n) is 3.95. The predicted octanol–water partition coefficient (Wildman–Crippen LogP) is 4.16. The van der Waals surface area contributed by atoms with Gasteiger partial charge in [-0.3, -0.25) is 0 Å². The van der Waals surface area contributed by atoms with E-state index in [1.165, 1.54) is 5.56 Å². The number of aliphatic hydroxyl groups is 1. The van der Waals surface area contributed by atoms with E-state index in [9.17, 15) is 5.11 Å². The highest BCUT2D eigenvalue weighted by atomic mass is 16.5. The van der Waals surface area contributed by atoms with Crippen LogP contribution in [0.15, 0.2) is 60.1 Å². The zero-order valence-corrected chi connectivity index (χ0v) is 16.4. The lowest BCUT2D eigenvalue weighted by Gasteiger charge is -2.36. The van der Waals surface area contributed by atoms with Gasteiger partial charge in [-0.1, -0.05) is 48.6 Å². The van der Waals surface area contributed by atoms with Crippen molar-refractivity contribution >= 4 is 5.90 Å². The Balaban J connectivity index is 1.65. The average molecular weight is 370 g/mol. The van der Waals surface area contributed by atoms with Gasteiger partial charge < -0.3 is 14.6 Å². The van der Waals surface area contributed by atoms with E-state index in [0.29, 0.717) is 31.6 Å². The Hall–Kier alpha value is -1.91. The third-order valence-corrected chi connectivity index (χ3v) is 5.38. The number of nitrogens with zero attached hydrogens (tertiary/aromatic N) is 1. The van der Waals surface area contributed by atoms with Gasteiger partial charge in [0.2, 0.25) is 5.90 Å². The van der Waals surface area contributed by atoms with Gasteiger partial charge in [0.1, 0.15) is 12.7 Å². The molecular formula is C23H31NO3. The van der Waals surface area contributed by atoms with Crippen LogP contribution in [0.25, 0.3) is 0 Å². The van der Waals surface area contributed by atoms with Crippen LogP contribution in [0.4, 0.5) is 0 Å². The van der Waals surface area contributed by atoms with Gasteiger partial charge >= 0.3 is 0 Å². The molecule has 0 fully saturated rings. The summed E-state index contributed by atoms with van der Waals surface area (Å²) in [5.41, 5.74) is 0.914. The van der Waals surface area contributed by atoms with Crippen LogP contribution in [0.2, 0.25) is 0 Å². The highest BCUT2D eigenvalue weighted by Gasteiger charge is 2.39. The minimum atomic E-state index is -0.718. The van der Waals surface area contributed by atoms with Crippen molar-refractivity contribution in [2.45, 2.75) is 44.9 Å². The first-order chi connectivity index (χ1) is 13.0. The van der Waals surface area contributed by atoms with Gasteiger partial charge in [-0.25, -0.2) is 4.99 Å². The summed E-state index contributed by atoms with van der Waals surface area (Å²) in [6, 6.07) is 10.2. The molecule has 1 aliphatic carbocycles. The predicted molar refractivity (Wildman–Crippen MR) is 109 cm³/mol. The Labute approximate surface area is 162 Å². The van der Waals surface area contributed by atoms with Crippen LogP contribution in [0.1, 0.15) is 32.3 Å². The van der Waals surface area contributed by atoms with Crippen LogP contribution in [-0.4, -0.2) is 35.9 Å². The lowest BCUT2D eigenvalue weighted by molar-refractivity contribution is 0.0338. The number of aliphatic imine (C=N–C) groups is 1. The van der Waals surface area contributed by atoms with Crippen molar-refractivity contribution in [1.82, 2.24) is 0 Å². The molecule has 1 heterocycles. The van der Waals surface area contributed by atoms with E-state index in [2.05, 4.69) is 35.9 Å². The topological polar surface area (TPSA) is 51.0 Å². The molecule has 4 nitrogen and oxygen atoms in total. The van der Waals surface area contributed by atoms with Gasteiger partial charge in [-0.2, -0.15) is 0 Å². The molecule has 1 aromatic carbocycles. The highest BCUT2D eigenvalue weighted by Crippen LogP contribution is 2.37. The molecule has 146 valence electrons. The minimum Gasteiger partial charge on any atom is -0.477 e. The summed E-state index contributed by atoms with van der Waals surface area (Å²) in [6.45, 7) is 9.76. The van der Waals surface area contributed by atoms with Gasteiger partial charge in [-0.05, 0) is 44.1 Å². The standard InChI is InChI=1S/C23H31NO3/c1-4-9-19-18(15-26-14-17-10-6-5-7-11-17)12-8-13-20(19)21(25)22-24-23(2,3)16-27-22/h4-8,10-11,13,18-21,25H,1,9,12,14-16H2,2-3H3/t18-,19+,20+,21?/m1/s1. The Kier molecular flexibility index (Phi) is 6.51. The summed E-state index contributed by atoms with van der Waals surface area (Å²) in [5.74, 6) is 1.03. The van der Waals surface area contributed by atoms with E-state index < -0.39 is 6.10 Å². The molecule has 3 rings (SSSR count). The number of allylic oxidation sites excluding steroid dienone is 2. The first-order valence-electron chi connectivity index (χ1n) is 9.80. The Morgan fingerprint density at radius 3 is 2.81 bits per heavy atom. The smallest absolute Gasteiger partial charge is 0.214 e. The van der Waals surface area contributed by atoms with Gasteiger partial charge in [0.25, 0.3) is 0 Å². The Morgan fingerprint density at radius 1 is 1.37 bits per heavy atom. The van der Waals surface area contributed by atoms with Crippen molar-refractivity contribution in [3.8, 4) is 0 Å². The molecule has 0 bridgehead atoms. The third kappa shape index (κ3) is 5.08. The second-order valence-corrected chi connectivity index (χ2v) is 8.19. The molecule has 1 aromatic rings. The average Bonchev–Trinajstić information content (AvgIpc) is 3.03. The molecule has 1 N–H and O–H groups in total. The number of hydrogen-bond donors (Lipinski definition) is 1. The zero-order chi connectivity index (χ0) is 19.3. The quantitative estimate of drug-likeness (QED) is 0.700. The molecule has 0 saturated heterocycles. The van der Waals surface area contributed by atoms with Crippen molar-refractivity contribution in [3.05, 3.63) is 60.7 Å². The van der Waals surface area contributed by atoms with Crippen molar-refractivity contribution < 1.29 is 14.6 Å². The lowest BCUT2D eigenvalue weighted by atomic mass is 9.72. The number of ether oxygens (including phenoxy) is 2. The maximum absolute atomic E-state index is 10.9. The van der Waals surface area contributed by atoms with E-state index in [1.54, 1.807) is 0 Å². The van der Waals surface area contributed by atoms with E-state index in [0.717, 1.165) is 12.8 Å². The second kappa shape index (κ2) is 8.85. The monoisotopic (exact) mass is 369 g/mol. The summed E-state index contributed by atoms with van der Waals surface area (Å²) < 4.78 is 11.7. The maximum Gasteiger partial charge on any atom is 0.214 e. The van der Waals surface area contributed by atoms with Crippen LogP contribution in [-0.2, 0) is 16.1 Å². The molecule has 2 aliphatic rings. The Bertz CT molecular complexity index is 680. The van der Waals surface area contributed by atoms with Crippen LogP contribution < -0.4 is 0 Å². The number of hydrogen-bond acceptors (Lipinski definition) is 4. The fraction of sp³-hybridized carbons (Fsp3) is 0.522. The van der Waals surface area contributed by atoms with E-state index in [4.69, 9.17) is 9.47 Å². The normalized spacial score (nSPS) is 27.7. The minimum absolute atomic E-state index is 0.0327. The van der Waals surface area contributed by atoms with Gasteiger partial charge in [0.15, 0.2) is 0 Å². The van der Waals surface area contributed by atoms with Crippen molar-refractivity contribution in [2.24, 2.45) is 22.7 Å². The largest absolute Gasteiger partial charge is 0.477 e. The van der Waals surface area contributed by atoms with E-state index in [1.807, 2.05) is 38.1 Å². The first-order valence-corrected chi connectivity index (χ1v) is 9.80. The van der Waals surface area contributed by atoms with Gasteiger partial charge in [0.05, 0.1) is 18.8 Å². The van der Waals surface area contributed by atoms with Crippen LogP contribution in [0, 0.1) is 17.8 Å². The number of rotatable bonds is 8. The third-order valence-electron chi connectivity index (χ3n) is 5.38. The summed E-state index contributed by atoms with van der Waals surface area (Å²) >= 11 is 0. The molecule has 1 unspecified atom stereocenters. The highest BCUT2D eigenvalue weighted by molar-refractivity contribution is 5.83. The van der Waals surface area contributed by atoms with E-state index in [-0.39, 0.29) is 17.4 Å². The van der Waals surface area contributed by atoms with Crippen LogP contribution in [0.5, 0.6) is 0 Å². The molecule has 1 aliphatic heterocycles. The molecule has 0 aromatic heterocycles. The number of benzene rings is 1. The van der Waals surface area contributed by atoms with Crippen molar-refractivity contribution in [1.29, 1.82) is 0 Å². The molecule has 0 spiro atoms. The molecule has 0 saturated carbocycles.